The second-order valence-electron chi connectivity index (χ2n) is 11.2. The SMILES string of the molecule is Cc1cccc(Cl)c1N1CC=C[C@]23S[C@@]4(C)/C=C\CCCOC(=O)[C@H]4[C@H]2C(=O)N([C@@H](CO)C(C)C)C3C1=O. The number of aliphatic hydroxyl groups is 1. The number of carbonyl (C=O) groups excluding carboxylic acids is 3. The lowest BCUT2D eigenvalue weighted by molar-refractivity contribution is -0.154. The highest BCUT2D eigenvalue weighted by Crippen LogP contribution is 2.65. The van der Waals surface area contributed by atoms with Crippen LogP contribution in [-0.2, 0) is 19.1 Å². The molecule has 0 bridgehead atoms. The number of fused-ring (bicyclic) bond motifs is 2. The molecule has 1 N–H and O–H groups in total. The van der Waals surface area contributed by atoms with Gasteiger partial charge < -0.3 is 19.6 Å². The maximum atomic E-state index is 14.7. The van der Waals surface area contributed by atoms with Gasteiger partial charge in [0.2, 0.25) is 5.91 Å². The van der Waals surface area contributed by atoms with Crippen LogP contribution in [0.4, 0.5) is 5.69 Å². The summed E-state index contributed by atoms with van der Waals surface area (Å²) < 4.78 is 3.93. The van der Waals surface area contributed by atoms with Gasteiger partial charge in [-0.15, -0.1) is 11.8 Å². The van der Waals surface area contributed by atoms with E-state index < -0.39 is 39.4 Å². The van der Waals surface area contributed by atoms with Gasteiger partial charge >= 0.3 is 5.97 Å². The van der Waals surface area contributed by atoms with E-state index in [0.717, 1.165) is 18.4 Å². The van der Waals surface area contributed by atoms with Gasteiger partial charge in [-0.05, 0) is 44.2 Å². The monoisotopic (exact) mass is 558 g/mol. The largest absolute Gasteiger partial charge is 0.465 e. The Labute approximate surface area is 233 Å². The number of para-hydroxylation sites is 1. The molecule has 2 fully saturated rings. The number of hydrogen-bond acceptors (Lipinski definition) is 6. The molecule has 6 atom stereocenters. The van der Waals surface area contributed by atoms with Crippen LogP contribution in [0.15, 0.2) is 42.5 Å². The number of esters is 1. The van der Waals surface area contributed by atoms with Gasteiger partial charge in [-0.1, -0.05) is 61.9 Å². The lowest BCUT2D eigenvalue weighted by Gasteiger charge is -2.41. The highest BCUT2D eigenvalue weighted by atomic mass is 35.5. The molecule has 1 aromatic rings. The first-order valence-electron chi connectivity index (χ1n) is 13.3. The summed E-state index contributed by atoms with van der Waals surface area (Å²) in [4.78, 5) is 45.9. The van der Waals surface area contributed by atoms with Crippen LogP contribution in [0.2, 0.25) is 5.02 Å². The Morgan fingerprint density at radius 2 is 1.92 bits per heavy atom. The normalized spacial score (nSPS) is 34.6. The fourth-order valence-electron chi connectivity index (χ4n) is 6.72. The predicted octanol–water partition coefficient (Wildman–Crippen LogP) is 4.15. The van der Waals surface area contributed by atoms with Crippen molar-refractivity contribution in [3.05, 3.63) is 53.1 Å². The minimum Gasteiger partial charge on any atom is -0.465 e. The maximum Gasteiger partial charge on any atom is 0.311 e. The Bertz CT molecular complexity index is 1200. The quantitative estimate of drug-likeness (QED) is 0.441. The molecule has 5 rings (SSSR count). The van der Waals surface area contributed by atoms with E-state index in [4.69, 9.17) is 16.3 Å². The minimum absolute atomic E-state index is 0.112. The zero-order valence-corrected chi connectivity index (χ0v) is 23.8. The minimum atomic E-state index is -1.01. The smallest absolute Gasteiger partial charge is 0.311 e. The van der Waals surface area contributed by atoms with Crippen molar-refractivity contribution >= 4 is 46.8 Å². The average Bonchev–Trinajstić information content (AvgIpc) is 3.20. The summed E-state index contributed by atoms with van der Waals surface area (Å²) in [5, 5.41) is 10.9. The van der Waals surface area contributed by atoms with Gasteiger partial charge in [0, 0.05) is 11.3 Å². The fourth-order valence-corrected chi connectivity index (χ4v) is 9.18. The third kappa shape index (κ3) is 4.02. The van der Waals surface area contributed by atoms with Crippen LogP contribution in [0, 0.1) is 24.7 Å². The number of nitrogens with zero attached hydrogens (tertiary/aromatic N) is 2. The second kappa shape index (κ2) is 10.0. The summed E-state index contributed by atoms with van der Waals surface area (Å²) in [6, 6.07) is 3.99. The number of anilines is 1. The van der Waals surface area contributed by atoms with Gasteiger partial charge in [-0.3, -0.25) is 14.4 Å². The lowest BCUT2D eigenvalue weighted by atomic mass is 9.74. The lowest BCUT2D eigenvalue weighted by Crippen LogP contribution is -2.58. The third-order valence-electron chi connectivity index (χ3n) is 8.46. The number of amides is 2. The van der Waals surface area contributed by atoms with E-state index in [0.29, 0.717) is 17.3 Å². The molecule has 7 nitrogen and oxygen atoms in total. The summed E-state index contributed by atoms with van der Waals surface area (Å²) in [7, 11) is 0. The van der Waals surface area contributed by atoms with Crippen LogP contribution in [0.25, 0.3) is 0 Å². The summed E-state index contributed by atoms with van der Waals surface area (Å²) in [5.74, 6) is -2.64. The van der Waals surface area contributed by atoms with Crippen molar-refractivity contribution in [2.45, 2.75) is 62.1 Å². The molecule has 38 heavy (non-hydrogen) atoms. The van der Waals surface area contributed by atoms with Gasteiger partial charge in [-0.2, -0.15) is 0 Å². The van der Waals surface area contributed by atoms with Gasteiger partial charge in [0.05, 0.1) is 46.5 Å². The number of carbonyl (C=O) groups is 3. The van der Waals surface area contributed by atoms with Crippen LogP contribution >= 0.6 is 23.4 Å². The Balaban J connectivity index is 1.72. The molecule has 2 saturated heterocycles. The third-order valence-corrected chi connectivity index (χ3v) is 10.6. The number of halogens is 1. The van der Waals surface area contributed by atoms with Crippen molar-refractivity contribution in [3.63, 3.8) is 0 Å². The molecule has 0 aromatic heterocycles. The second-order valence-corrected chi connectivity index (χ2v) is 13.4. The zero-order chi connectivity index (χ0) is 27.4. The molecule has 0 saturated carbocycles. The number of cyclic esters (lactones) is 1. The number of aliphatic hydroxyl groups excluding tert-OH is 1. The van der Waals surface area contributed by atoms with Crippen molar-refractivity contribution in [3.8, 4) is 0 Å². The van der Waals surface area contributed by atoms with Crippen molar-refractivity contribution in [1.82, 2.24) is 4.90 Å². The number of hydrogen-bond donors (Lipinski definition) is 1. The number of likely N-dealkylation sites (tertiary alicyclic amines) is 1. The van der Waals surface area contributed by atoms with Gasteiger partial charge in [0.1, 0.15) is 6.04 Å². The number of ether oxygens (including phenoxy) is 1. The molecule has 1 unspecified atom stereocenters. The molecular formula is C29H35ClN2O5S. The molecule has 0 radical (unpaired) electrons. The van der Waals surface area contributed by atoms with E-state index >= 15 is 0 Å². The van der Waals surface area contributed by atoms with Gasteiger partial charge in [0.25, 0.3) is 5.91 Å². The Kier molecular flexibility index (Phi) is 7.20. The van der Waals surface area contributed by atoms with Gasteiger partial charge in [0.15, 0.2) is 0 Å². The maximum absolute atomic E-state index is 14.7. The Morgan fingerprint density at radius 3 is 2.61 bits per heavy atom. The molecule has 4 aliphatic rings. The first kappa shape index (κ1) is 27.3. The van der Waals surface area contributed by atoms with Crippen LogP contribution in [0.3, 0.4) is 0 Å². The molecule has 204 valence electrons. The number of rotatable bonds is 4. The molecule has 1 spiro atoms. The molecular weight excluding hydrogens is 524 g/mol. The van der Waals surface area contributed by atoms with Crippen molar-refractivity contribution in [2.75, 3.05) is 24.7 Å². The molecule has 1 aromatic carbocycles. The van der Waals surface area contributed by atoms with E-state index in [1.54, 1.807) is 15.9 Å². The Morgan fingerprint density at radius 1 is 1.16 bits per heavy atom. The average molecular weight is 559 g/mol. The van der Waals surface area contributed by atoms with Crippen molar-refractivity contribution in [2.24, 2.45) is 17.8 Å². The van der Waals surface area contributed by atoms with Gasteiger partial charge in [-0.25, -0.2) is 0 Å². The van der Waals surface area contributed by atoms with E-state index in [-0.39, 0.29) is 30.9 Å². The van der Waals surface area contributed by atoms with Crippen LogP contribution in [0.5, 0.6) is 0 Å². The molecule has 2 amide bonds. The van der Waals surface area contributed by atoms with Crippen LogP contribution in [0.1, 0.15) is 39.2 Å². The highest BCUT2D eigenvalue weighted by Gasteiger charge is 2.74. The fraction of sp³-hybridized carbons (Fsp3) is 0.552. The number of allylic oxidation sites excluding steroid dienone is 1. The van der Waals surface area contributed by atoms with E-state index in [1.165, 1.54) is 11.8 Å². The number of thioether (sulfide) groups is 1. The van der Waals surface area contributed by atoms with Crippen molar-refractivity contribution in [1.29, 1.82) is 0 Å². The summed E-state index contributed by atoms with van der Waals surface area (Å²) in [6.07, 6.45) is 9.47. The molecule has 9 heteroatoms. The van der Waals surface area contributed by atoms with Crippen molar-refractivity contribution < 1.29 is 24.2 Å². The summed E-state index contributed by atoms with van der Waals surface area (Å²) in [6.45, 7) is 8.01. The van der Waals surface area contributed by atoms with E-state index in [2.05, 4.69) is 6.08 Å². The standard InChI is InChI=1S/C29H35ClN2O5S/c1-17(2)20(16-33)32-24-26(35)31(23-18(3)10-8-11-19(23)30)14-9-13-29(24)21(25(32)34)22-27(36)37-15-7-5-6-12-28(22,4)38-29/h6,8-13,17,20-22,24,33H,5,7,14-16H2,1-4H3/b12-6-/t20-,21-,22+,24?,28-,29-/m0/s1. The van der Waals surface area contributed by atoms with Crippen LogP contribution < -0.4 is 4.90 Å². The van der Waals surface area contributed by atoms with E-state index in [1.807, 2.05) is 58.1 Å². The molecule has 0 aliphatic carbocycles. The molecule has 4 heterocycles. The summed E-state index contributed by atoms with van der Waals surface area (Å²) in [5.41, 5.74) is 1.46. The first-order chi connectivity index (χ1) is 18.1. The number of aryl methyl sites for hydroxylation is 1. The highest BCUT2D eigenvalue weighted by molar-refractivity contribution is 8.02. The molecule has 4 aliphatic heterocycles. The summed E-state index contributed by atoms with van der Waals surface area (Å²) >= 11 is 8.12. The topological polar surface area (TPSA) is 87.2 Å². The number of benzene rings is 1. The van der Waals surface area contributed by atoms with Crippen LogP contribution in [-0.4, -0.2) is 69.1 Å². The zero-order valence-electron chi connectivity index (χ0n) is 22.2. The first-order valence-corrected chi connectivity index (χ1v) is 14.5. The predicted molar refractivity (Wildman–Crippen MR) is 149 cm³/mol. The Hall–Kier alpha value is -2.29. The van der Waals surface area contributed by atoms with E-state index in [9.17, 15) is 19.5 Å².